The number of rotatable bonds is 2. The summed E-state index contributed by atoms with van der Waals surface area (Å²) >= 11 is 1.75. The minimum Gasteiger partial charge on any atom is -0.343 e. The van der Waals surface area contributed by atoms with Crippen LogP contribution in [0.1, 0.15) is 31.9 Å². The molecule has 0 bridgehead atoms. The zero-order valence-corrected chi connectivity index (χ0v) is 17.6. The molecular formula is C24H22F3NS. The van der Waals surface area contributed by atoms with E-state index in [0.29, 0.717) is 0 Å². The molecule has 1 aromatic heterocycles. The molecule has 0 N–H and O–H groups in total. The molecule has 150 valence electrons. The fraction of sp³-hybridized carbons (Fsp3) is 0.250. The molecular weight excluding hydrogens is 391 g/mol. The second-order valence-electron chi connectivity index (χ2n) is 8.29. The highest BCUT2D eigenvalue weighted by atomic mass is 32.1. The SMILES string of the molecule is CN(c1ccc(C(F)(F)F)cc1)c1cccc2c1sc1c(C(C)(C)C)cccc12. The molecule has 0 fully saturated rings. The van der Waals surface area contributed by atoms with Gasteiger partial charge in [-0.2, -0.15) is 13.2 Å². The summed E-state index contributed by atoms with van der Waals surface area (Å²) in [7, 11) is 1.90. The van der Waals surface area contributed by atoms with Crippen LogP contribution in [0.3, 0.4) is 0 Å². The van der Waals surface area contributed by atoms with Gasteiger partial charge in [-0.1, -0.05) is 51.1 Å². The zero-order chi connectivity index (χ0) is 21.0. The van der Waals surface area contributed by atoms with E-state index in [1.54, 1.807) is 11.3 Å². The number of nitrogens with zero attached hydrogens (tertiary/aromatic N) is 1. The minimum atomic E-state index is -4.33. The van der Waals surface area contributed by atoms with Crippen molar-refractivity contribution in [2.45, 2.75) is 32.4 Å². The van der Waals surface area contributed by atoms with E-state index in [0.717, 1.165) is 28.2 Å². The van der Waals surface area contributed by atoms with Crippen LogP contribution in [0.2, 0.25) is 0 Å². The monoisotopic (exact) mass is 413 g/mol. The van der Waals surface area contributed by atoms with Crippen molar-refractivity contribution in [1.82, 2.24) is 0 Å². The molecule has 0 aliphatic carbocycles. The molecule has 29 heavy (non-hydrogen) atoms. The minimum absolute atomic E-state index is 0.0277. The van der Waals surface area contributed by atoms with Crippen molar-refractivity contribution in [3.05, 3.63) is 71.8 Å². The highest BCUT2D eigenvalue weighted by molar-refractivity contribution is 7.26. The fourth-order valence-corrected chi connectivity index (χ4v) is 5.25. The van der Waals surface area contributed by atoms with Gasteiger partial charge in [0.25, 0.3) is 0 Å². The van der Waals surface area contributed by atoms with E-state index in [-0.39, 0.29) is 5.41 Å². The van der Waals surface area contributed by atoms with Crippen molar-refractivity contribution >= 4 is 42.9 Å². The van der Waals surface area contributed by atoms with Crippen LogP contribution >= 0.6 is 11.3 Å². The molecule has 1 nitrogen and oxygen atoms in total. The highest BCUT2D eigenvalue weighted by Gasteiger charge is 2.30. The summed E-state index contributed by atoms with van der Waals surface area (Å²) in [6.07, 6.45) is -4.33. The first-order valence-corrected chi connectivity index (χ1v) is 10.2. The number of hydrogen-bond acceptors (Lipinski definition) is 2. The molecule has 5 heteroatoms. The second-order valence-corrected chi connectivity index (χ2v) is 9.31. The number of fused-ring (bicyclic) bond motifs is 3. The van der Waals surface area contributed by atoms with Crippen LogP contribution in [0.4, 0.5) is 24.5 Å². The normalized spacial score (nSPS) is 12.7. The molecule has 0 aliphatic heterocycles. The number of halogens is 3. The van der Waals surface area contributed by atoms with Gasteiger partial charge in [0, 0.05) is 28.2 Å². The molecule has 0 saturated carbocycles. The lowest BCUT2D eigenvalue weighted by Gasteiger charge is -2.21. The van der Waals surface area contributed by atoms with Crippen LogP contribution in [0.25, 0.3) is 20.2 Å². The number of alkyl halides is 3. The predicted octanol–water partition coefficient (Wildman–Crippen LogP) is 8.14. The Morgan fingerprint density at radius 2 is 1.34 bits per heavy atom. The maximum Gasteiger partial charge on any atom is 0.416 e. The van der Waals surface area contributed by atoms with E-state index in [9.17, 15) is 13.2 Å². The average molecular weight is 414 g/mol. The lowest BCUT2D eigenvalue weighted by molar-refractivity contribution is -0.137. The molecule has 0 aliphatic rings. The van der Waals surface area contributed by atoms with Crippen molar-refractivity contribution < 1.29 is 13.2 Å². The van der Waals surface area contributed by atoms with Gasteiger partial charge >= 0.3 is 6.18 Å². The molecule has 0 atom stereocenters. The van der Waals surface area contributed by atoms with Crippen molar-refractivity contribution in [3.63, 3.8) is 0 Å². The first kappa shape index (κ1) is 19.8. The van der Waals surface area contributed by atoms with Crippen molar-refractivity contribution in [3.8, 4) is 0 Å². The maximum absolute atomic E-state index is 12.9. The van der Waals surface area contributed by atoms with E-state index < -0.39 is 11.7 Å². The Hall–Kier alpha value is -2.53. The van der Waals surface area contributed by atoms with Crippen LogP contribution in [0.5, 0.6) is 0 Å². The summed E-state index contributed by atoms with van der Waals surface area (Å²) in [5.74, 6) is 0. The Bertz CT molecular complexity index is 1180. The molecule has 0 radical (unpaired) electrons. The van der Waals surface area contributed by atoms with E-state index >= 15 is 0 Å². The van der Waals surface area contributed by atoms with E-state index in [2.05, 4.69) is 45.0 Å². The Morgan fingerprint density at radius 1 is 0.759 bits per heavy atom. The van der Waals surface area contributed by atoms with Crippen LogP contribution in [-0.2, 0) is 11.6 Å². The Morgan fingerprint density at radius 3 is 1.93 bits per heavy atom. The standard InChI is InChI=1S/C24H22F3NS/c1-23(2,3)19-9-5-7-17-18-8-6-10-20(22(18)29-21(17)19)28(4)16-13-11-15(12-14-16)24(25,26)27/h5-14H,1-4H3. The molecule has 0 saturated heterocycles. The topological polar surface area (TPSA) is 3.24 Å². The van der Waals surface area contributed by atoms with Gasteiger partial charge in [-0.05, 0) is 41.3 Å². The summed E-state index contributed by atoms with van der Waals surface area (Å²) in [5, 5.41) is 2.40. The van der Waals surface area contributed by atoms with Gasteiger partial charge in [0.1, 0.15) is 0 Å². The van der Waals surface area contributed by atoms with Gasteiger partial charge in [-0.3, -0.25) is 0 Å². The third-order valence-electron chi connectivity index (χ3n) is 5.25. The van der Waals surface area contributed by atoms with Crippen LogP contribution in [0.15, 0.2) is 60.7 Å². The third kappa shape index (κ3) is 3.48. The lowest BCUT2D eigenvalue weighted by Crippen LogP contribution is -2.10. The number of benzene rings is 3. The van der Waals surface area contributed by atoms with Gasteiger partial charge in [0.05, 0.1) is 16.0 Å². The molecule has 1 heterocycles. The molecule has 3 aromatic carbocycles. The third-order valence-corrected chi connectivity index (χ3v) is 6.53. The van der Waals surface area contributed by atoms with E-state index in [1.165, 1.54) is 33.2 Å². The van der Waals surface area contributed by atoms with Crippen molar-refractivity contribution in [1.29, 1.82) is 0 Å². The number of thiophene rings is 1. The van der Waals surface area contributed by atoms with Crippen molar-refractivity contribution in [2.75, 3.05) is 11.9 Å². The maximum atomic E-state index is 12.9. The number of hydrogen-bond donors (Lipinski definition) is 0. The largest absolute Gasteiger partial charge is 0.416 e. The van der Waals surface area contributed by atoms with Crippen LogP contribution in [-0.4, -0.2) is 7.05 Å². The summed E-state index contributed by atoms with van der Waals surface area (Å²) < 4.78 is 41.1. The lowest BCUT2D eigenvalue weighted by atomic mass is 9.86. The van der Waals surface area contributed by atoms with Gasteiger partial charge in [-0.25, -0.2) is 0 Å². The molecule has 0 spiro atoms. The van der Waals surface area contributed by atoms with E-state index in [4.69, 9.17) is 0 Å². The van der Waals surface area contributed by atoms with Gasteiger partial charge in [0.2, 0.25) is 0 Å². The van der Waals surface area contributed by atoms with E-state index in [1.807, 2.05) is 24.1 Å². The fourth-order valence-electron chi connectivity index (χ4n) is 3.67. The summed E-state index contributed by atoms with van der Waals surface area (Å²) in [5.41, 5.74) is 2.41. The number of anilines is 2. The highest BCUT2D eigenvalue weighted by Crippen LogP contribution is 2.44. The van der Waals surface area contributed by atoms with Gasteiger partial charge in [-0.15, -0.1) is 11.3 Å². The van der Waals surface area contributed by atoms with Crippen LogP contribution < -0.4 is 4.90 Å². The van der Waals surface area contributed by atoms with Gasteiger partial charge < -0.3 is 4.90 Å². The first-order chi connectivity index (χ1) is 13.6. The quantitative estimate of drug-likeness (QED) is 0.320. The Balaban J connectivity index is 1.86. The Labute approximate surface area is 172 Å². The molecule has 4 rings (SSSR count). The molecule has 0 amide bonds. The first-order valence-electron chi connectivity index (χ1n) is 9.43. The Kier molecular flexibility index (Phi) is 4.61. The molecule has 0 unspecified atom stereocenters. The predicted molar refractivity (Wildman–Crippen MR) is 118 cm³/mol. The van der Waals surface area contributed by atoms with Crippen molar-refractivity contribution in [2.24, 2.45) is 0 Å². The molecule has 4 aromatic rings. The smallest absolute Gasteiger partial charge is 0.343 e. The van der Waals surface area contributed by atoms with Crippen LogP contribution in [0, 0.1) is 0 Å². The van der Waals surface area contributed by atoms with Gasteiger partial charge in [0.15, 0.2) is 0 Å². The zero-order valence-electron chi connectivity index (χ0n) is 16.8. The average Bonchev–Trinajstić information content (AvgIpc) is 3.04. The summed E-state index contributed by atoms with van der Waals surface area (Å²) in [6, 6.07) is 17.9. The summed E-state index contributed by atoms with van der Waals surface area (Å²) in [6.45, 7) is 6.63. The second kappa shape index (κ2) is 6.77. The summed E-state index contributed by atoms with van der Waals surface area (Å²) in [4.78, 5) is 1.95.